The van der Waals surface area contributed by atoms with Crippen molar-refractivity contribution in [2.45, 2.75) is 0 Å². The van der Waals surface area contributed by atoms with Crippen LogP contribution in [0.3, 0.4) is 0 Å². The summed E-state index contributed by atoms with van der Waals surface area (Å²) in [6.45, 7) is 0. The molecule has 4 nitrogen and oxygen atoms in total. The van der Waals surface area contributed by atoms with Crippen LogP contribution in [-0.2, 0) is 14.3 Å². The van der Waals surface area contributed by atoms with Crippen LogP contribution in [0.4, 0.5) is 5.69 Å². The summed E-state index contributed by atoms with van der Waals surface area (Å²) in [7, 11) is 1.27. The van der Waals surface area contributed by atoms with Gasteiger partial charge in [0, 0.05) is 11.8 Å². The largest absolute Gasteiger partial charge is 0.464 e. The molecule has 0 aromatic heterocycles. The lowest BCUT2D eigenvalue weighted by atomic mass is 10.2. The monoisotopic (exact) mass is 307 g/mol. The van der Waals surface area contributed by atoms with Crippen LogP contribution in [0.1, 0.15) is 5.56 Å². The second-order valence-electron chi connectivity index (χ2n) is 4.69. The van der Waals surface area contributed by atoms with Gasteiger partial charge in [-0.3, -0.25) is 4.79 Å². The third kappa shape index (κ3) is 5.28. The molecule has 2 aromatic carbocycles. The van der Waals surface area contributed by atoms with Gasteiger partial charge in [-0.2, -0.15) is 0 Å². The Morgan fingerprint density at radius 1 is 0.957 bits per heavy atom. The summed E-state index contributed by atoms with van der Waals surface area (Å²) in [6.07, 6.45) is 4.32. The van der Waals surface area contributed by atoms with Gasteiger partial charge in [-0.05, 0) is 23.8 Å². The Morgan fingerprint density at radius 3 is 2.17 bits per heavy atom. The van der Waals surface area contributed by atoms with E-state index in [2.05, 4.69) is 5.32 Å². The number of methoxy groups -OCH3 is 1. The average molecular weight is 307 g/mol. The number of carbonyl (C=O) groups is 2. The molecule has 0 radical (unpaired) electrons. The zero-order valence-corrected chi connectivity index (χ0v) is 12.7. The third-order valence-electron chi connectivity index (χ3n) is 2.98. The van der Waals surface area contributed by atoms with Crippen molar-refractivity contribution in [2.75, 3.05) is 12.4 Å². The van der Waals surface area contributed by atoms with Gasteiger partial charge in [0.1, 0.15) is 5.70 Å². The summed E-state index contributed by atoms with van der Waals surface area (Å²) < 4.78 is 4.70. The van der Waals surface area contributed by atoms with Crippen molar-refractivity contribution in [3.63, 3.8) is 0 Å². The number of anilines is 1. The summed E-state index contributed by atoms with van der Waals surface area (Å²) in [4.78, 5) is 23.8. The predicted molar refractivity (Wildman–Crippen MR) is 90.6 cm³/mol. The standard InChI is InChI=1S/C19H17NO3/c1-23-19(22)18(20-16-10-6-3-7-11-16)14-17(21)13-12-15-8-4-2-5-9-15/h2-14,20H,1H3/b13-12+,18-14+. The normalized spacial score (nSPS) is 11.3. The number of hydrogen-bond acceptors (Lipinski definition) is 4. The molecule has 0 unspecified atom stereocenters. The molecule has 2 aromatic rings. The molecular weight excluding hydrogens is 290 g/mol. The Bertz CT molecular complexity index is 719. The molecule has 0 aliphatic rings. The third-order valence-corrected chi connectivity index (χ3v) is 2.98. The number of benzene rings is 2. The highest BCUT2D eigenvalue weighted by molar-refractivity contribution is 6.07. The summed E-state index contributed by atoms with van der Waals surface area (Å²) >= 11 is 0. The van der Waals surface area contributed by atoms with Crippen molar-refractivity contribution in [2.24, 2.45) is 0 Å². The molecule has 1 N–H and O–H groups in total. The van der Waals surface area contributed by atoms with E-state index < -0.39 is 5.97 Å². The molecule has 2 rings (SSSR count). The fourth-order valence-electron chi connectivity index (χ4n) is 1.87. The van der Waals surface area contributed by atoms with E-state index in [1.807, 2.05) is 48.5 Å². The first-order valence-corrected chi connectivity index (χ1v) is 7.08. The molecule has 23 heavy (non-hydrogen) atoms. The van der Waals surface area contributed by atoms with Gasteiger partial charge < -0.3 is 10.1 Å². The molecular formula is C19H17NO3. The highest BCUT2D eigenvalue weighted by Gasteiger charge is 2.11. The van der Waals surface area contributed by atoms with Crippen LogP contribution in [0.2, 0.25) is 0 Å². The SMILES string of the molecule is COC(=O)/C(=C\C(=O)/C=C/c1ccccc1)Nc1ccccc1. The van der Waals surface area contributed by atoms with Crippen LogP contribution in [0, 0.1) is 0 Å². The lowest BCUT2D eigenvalue weighted by Crippen LogP contribution is -2.14. The van der Waals surface area contributed by atoms with Crippen LogP contribution in [0.5, 0.6) is 0 Å². The first-order chi connectivity index (χ1) is 11.2. The first kappa shape index (κ1) is 16.2. The molecule has 0 heterocycles. The second-order valence-corrected chi connectivity index (χ2v) is 4.69. The summed E-state index contributed by atoms with van der Waals surface area (Å²) in [5.74, 6) is -0.909. The van der Waals surface area contributed by atoms with Gasteiger partial charge in [0.2, 0.25) is 0 Å². The van der Waals surface area contributed by atoms with E-state index in [0.29, 0.717) is 5.69 Å². The summed E-state index contributed by atoms with van der Waals surface area (Å²) in [5, 5.41) is 2.89. The number of esters is 1. The fraction of sp³-hybridized carbons (Fsp3) is 0.0526. The molecule has 0 aliphatic carbocycles. The van der Waals surface area contributed by atoms with E-state index >= 15 is 0 Å². The number of allylic oxidation sites excluding steroid dienone is 2. The van der Waals surface area contributed by atoms with E-state index in [1.165, 1.54) is 19.3 Å². The van der Waals surface area contributed by atoms with Crippen LogP contribution >= 0.6 is 0 Å². The van der Waals surface area contributed by atoms with Gasteiger partial charge in [-0.25, -0.2) is 4.79 Å². The maximum absolute atomic E-state index is 12.0. The van der Waals surface area contributed by atoms with Crippen molar-refractivity contribution in [1.29, 1.82) is 0 Å². The molecule has 0 amide bonds. The molecule has 116 valence electrons. The molecule has 0 saturated heterocycles. The Labute approximate surface area is 135 Å². The second kappa shape index (κ2) is 8.34. The molecule has 0 spiro atoms. The van der Waals surface area contributed by atoms with Crippen molar-refractivity contribution in [3.05, 3.63) is 84.1 Å². The van der Waals surface area contributed by atoms with Crippen molar-refractivity contribution in [1.82, 2.24) is 0 Å². The number of para-hydroxylation sites is 1. The van der Waals surface area contributed by atoms with Crippen LogP contribution in [0.25, 0.3) is 6.08 Å². The maximum atomic E-state index is 12.0. The van der Waals surface area contributed by atoms with E-state index in [9.17, 15) is 9.59 Å². The molecule has 4 heteroatoms. The van der Waals surface area contributed by atoms with Gasteiger partial charge in [0.15, 0.2) is 5.78 Å². The zero-order valence-electron chi connectivity index (χ0n) is 12.7. The summed E-state index contributed by atoms with van der Waals surface area (Å²) in [6, 6.07) is 18.5. The summed E-state index contributed by atoms with van der Waals surface area (Å²) in [5.41, 5.74) is 1.69. The van der Waals surface area contributed by atoms with E-state index in [-0.39, 0.29) is 11.5 Å². The minimum absolute atomic E-state index is 0.0846. The van der Waals surface area contributed by atoms with Gasteiger partial charge in [-0.15, -0.1) is 0 Å². The number of hydrogen-bond donors (Lipinski definition) is 1. The van der Waals surface area contributed by atoms with Gasteiger partial charge in [-0.1, -0.05) is 54.6 Å². The minimum atomic E-state index is -0.602. The topological polar surface area (TPSA) is 55.4 Å². The Morgan fingerprint density at radius 2 is 1.57 bits per heavy atom. The van der Waals surface area contributed by atoms with Gasteiger partial charge >= 0.3 is 5.97 Å². The molecule has 0 fully saturated rings. The van der Waals surface area contributed by atoms with E-state index in [0.717, 1.165) is 5.56 Å². The Hall–Kier alpha value is -3.14. The first-order valence-electron chi connectivity index (χ1n) is 7.08. The molecule has 0 bridgehead atoms. The molecule has 0 atom stereocenters. The van der Waals surface area contributed by atoms with Crippen molar-refractivity contribution in [3.8, 4) is 0 Å². The number of ether oxygens (including phenoxy) is 1. The Kier molecular flexibility index (Phi) is 5.89. The number of nitrogens with one attached hydrogen (secondary N) is 1. The number of ketones is 1. The minimum Gasteiger partial charge on any atom is -0.464 e. The lowest BCUT2D eigenvalue weighted by molar-refractivity contribution is -0.136. The van der Waals surface area contributed by atoms with Crippen molar-refractivity contribution >= 4 is 23.5 Å². The molecule has 0 aliphatic heterocycles. The van der Waals surface area contributed by atoms with Crippen LogP contribution < -0.4 is 5.32 Å². The highest BCUT2D eigenvalue weighted by Crippen LogP contribution is 2.10. The van der Waals surface area contributed by atoms with Gasteiger partial charge in [0.25, 0.3) is 0 Å². The lowest BCUT2D eigenvalue weighted by Gasteiger charge is -2.08. The number of rotatable bonds is 6. The average Bonchev–Trinajstić information content (AvgIpc) is 2.60. The fourth-order valence-corrected chi connectivity index (χ4v) is 1.87. The van der Waals surface area contributed by atoms with Crippen LogP contribution in [0.15, 0.2) is 78.5 Å². The quantitative estimate of drug-likeness (QED) is 0.656. The zero-order chi connectivity index (χ0) is 16.5. The van der Waals surface area contributed by atoms with Gasteiger partial charge in [0.05, 0.1) is 7.11 Å². The van der Waals surface area contributed by atoms with Crippen molar-refractivity contribution < 1.29 is 14.3 Å². The highest BCUT2D eigenvalue weighted by atomic mass is 16.5. The number of carbonyl (C=O) groups excluding carboxylic acids is 2. The van der Waals surface area contributed by atoms with E-state index in [4.69, 9.17) is 4.74 Å². The molecule has 0 saturated carbocycles. The Balaban J connectivity index is 2.14. The predicted octanol–water partition coefficient (Wildman–Crippen LogP) is 3.44. The smallest absolute Gasteiger partial charge is 0.354 e. The van der Waals surface area contributed by atoms with E-state index in [1.54, 1.807) is 18.2 Å². The van der Waals surface area contributed by atoms with Crippen LogP contribution in [-0.4, -0.2) is 18.9 Å². The maximum Gasteiger partial charge on any atom is 0.354 e.